The number of carbonyl (C=O) groups excluding carboxylic acids is 1. The van der Waals surface area contributed by atoms with Crippen molar-refractivity contribution < 1.29 is 4.79 Å². The fourth-order valence-corrected chi connectivity index (χ4v) is 2.83. The lowest BCUT2D eigenvalue weighted by Crippen LogP contribution is -2.27. The zero-order valence-corrected chi connectivity index (χ0v) is 14.4. The summed E-state index contributed by atoms with van der Waals surface area (Å²) in [5, 5.41) is 8.87. The Bertz CT molecular complexity index is 863. The molecule has 0 saturated carbocycles. The molecular weight excluding hydrogens is 302 g/mol. The minimum Gasteiger partial charge on any atom is -0.336 e. The van der Waals surface area contributed by atoms with Gasteiger partial charge in [0.2, 0.25) is 0 Å². The molecule has 2 heterocycles. The Kier molecular flexibility index (Phi) is 4.20. The van der Waals surface area contributed by atoms with Gasteiger partial charge in [-0.2, -0.15) is 10.2 Å². The molecule has 0 radical (unpaired) electrons. The van der Waals surface area contributed by atoms with Gasteiger partial charge in [0.15, 0.2) is 0 Å². The minimum absolute atomic E-state index is 0.0437. The second-order valence-electron chi connectivity index (χ2n) is 5.94. The minimum atomic E-state index is -0.0437. The van der Waals surface area contributed by atoms with E-state index >= 15 is 0 Å². The quantitative estimate of drug-likeness (QED) is 0.741. The van der Waals surface area contributed by atoms with E-state index in [4.69, 9.17) is 0 Å². The fourth-order valence-electron chi connectivity index (χ4n) is 2.83. The molecule has 0 bridgehead atoms. The fraction of sp³-hybridized carbons (Fsp3) is 0.278. The average molecular weight is 323 g/mol. The van der Waals surface area contributed by atoms with Crippen LogP contribution in [0.15, 0.2) is 42.6 Å². The van der Waals surface area contributed by atoms with Crippen LogP contribution in [-0.2, 0) is 13.6 Å². The van der Waals surface area contributed by atoms with Crippen LogP contribution in [0.1, 0.15) is 27.4 Å². The summed E-state index contributed by atoms with van der Waals surface area (Å²) >= 11 is 0. The molecule has 124 valence electrons. The van der Waals surface area contributed by atoms with Crippen molar-refractivity contribution in [2.75, 3.05) is 7.05 Å². The average Bonchev–Trinajstić information content (AvgIpc) is 3.10. The molecule has 1 aromatic carbocycles. The van der Waals surface area contributed by atoms with Crippen LogP contribution in [-0.4, -0.2) is 37.4 Å². The van der Waals surface area contributed by atoms with Crippen molar-refractivity contribution in [3.05, 3.63) is 65.2 Å². The molecule has 0 N–H and O–H groups in total. The number of nitrogens with zero attached hydrogens (tertiary/aromatic N) is 5. The van der Waals surface area contributed by atoms with Crippen LogP contribution in [0.25, 0.3) is 5.69 Å². The molecule has 2 aromatic heterocycles. The van der Waals surface area contributed by atoms with Crippen LogP contribution in [0.4, 0.5) is 0 Å². The van der Waals surface area contributed by atoms with Gasteiger partial charge in [-0.15, -0.1) is 0 Å². The standard InChI is InChI=1S/C18H21N5O/c1-13-17(14(2)23(19-13)16-8-6-5-7-9-16)18(24)21(3)12-15-10-11-22(4)20-15/h5-11H,12H2,1-4H3. The summed E-state index contributed by atoms with van der Waals surface area (Å²) in [7, 11) is 3.65. The molecule has 0 aliphatic heterocycles. The van der Waals surface area contributed by atoms with E-state index < -0.39 is 0 Å². The predicted octanol–water partition coefficient (Wildman–Crippen LogP) is 2.49. The second-order valence-corrected chi connectivity index (χ2v) is 5.94. The first-order chi connectivity index (χ1) is 11.5. The summed E-state index contributed by atoms with van der Waals surface area (Å²) < 4.78 is 3.55. The normalized spacial score (nSPS) is 10.8. The van der Waals surface area contributed by atoms with Crippen LogP contribution in [0.5, 0.6) is 0 Å². The largest absolute Gasteiger partial charge is 0.336 e. The molecule has 6 heteroatoms. The van der Waals surface area contributed by atoms with Crippen molar-refractivity contribution in [2.45, 2.75) is 20.4 Å². The van der Waals surface area contributed by atoms with Gasteiger partial charge < -0.3 is 4.90 Å². The SMILES string of the molecule is Cc1nn(-c2ccccc2)c(C)c1C(=O)N(C)Cc1ccn(C)n1. The van der Waals surface area contributed by atoms with Crippen molar-refractivity contribution in [2.24, 2.45) is 7.05 Å². The van der Waals surface area contributed by atoms with Crippen molar-refractivity contribution >= 4 is 5.91 Å². The molecule has 0 unspecified atom stereocenters. The van der Waals surface area contributed by atoms with Crippen LogP contribution in [0.2, 0.25) is 0 Å². The molecule has 3 aromatic rings. The highest BCUT2D eigenvalue weighted by atomic mass is 16.2. The number of benzene rings is 1. The molecule has 24 heavy (non-hydrogen) atoms. The third-order valence-corrected chi connectivity index (χ3v) is 4.02. The number of aromatic nitrogens is 4. The van der Waals surface area contributed by atoms with E-state index in [1.54, 1.807) is 16.6 Å². The van der Waals surface area contributed by atoms with E-state index in [2.05, 4.69) is 10.2 Å². The zero-order valence-electron chi connectivity index (χ0n) is 14.4. The van der Waals surface area contributed by atoms with Crippen molar-refractivity contribution in [1.29, 1.82) is 0 Å². The summed E-state index contributed by atoms with van der Waals surface area (Å²) in [5.41, 5.74) is 4.03. The topological polar surface area (TPSA) is 56.0 Å². The first-order valence-corrected chi connectivity index (χ1v) is 7.83. The van der Waals surface area contributed by atoms with Crippen LogP contribution >= 0.6 is 0 Å². The number of hydrogen-bond donors (Lipinski definition) is 0. The van der Waals surface area contributed by atoms with E-state index in [1.807, 2.05) is 68.2 Å². The molecule has 0 atom stereocenters. The number of carbonyl (C=O) groups is 1. The maximum Gasteiger partial charge on any atom is 0.257 e. The van der Waals surface area contributed by atoms with Crippen molar-refractivity contribution in [1.82, 2.24) is 24.5 Å². The maximum atomic E-state index is 12.9. The zero-order chi connectivity index (χ0) is 17.3. The number of aryl methyl sites for hydroxylation is 2. The lowest BCUT2D eigenvalue weighted by atomic mass is 10.1. The number of para-hydroxylation sites is 1. The van der Waals surface area contributed by atoms with Gasteiger partial charge in [0, 0.05) is 20.3 Å². The van der Waals surface area contributed by atoms with Gasteiger partial charge in [-0.1, -0.05) is 18.2 Å². The summed E-state index contributed by atoms with van der Waals surface area (Å²) in [4.78, 5) is 14.6. The van der Waals surface area contributed by atoms with E-state index in [0.29, 0.717) is 12.1 Å². The van der Waals surface area contributed by atoms with Gasteiger partial charge in [-0.3, -0.25) is 9.48 Å². The molecule has 6 nitrogen and oxygen atoms in total. The van der Waals surface area contributed by atoms with E-state index in [1.165, 1.54) is 0 Å². The Morgan fingerprint density at radius 2 is 1.83 bits per heavy atom. The number of rotatable bonds is 4. The van der Waals surface area contributed by atoms with Crippen LogP contribution < -0.4 is 0 Å². The molecular formula is C18H21N5O. The lowest BCUT2D eigenvalue weighted by molar-refractivity contribution is 0.0781. The monoisotopic (exact) mass is 323 g/mol. The smallest absolute Gasteiger partial charge is 0.257 e. The third-order valence-electron chi connectivity index (χ3n) is 4.02. The Morgan fingerprint density at radius 3 is 2.46 bits per heavy atom. The van der Waals surface area contributed by atoms with Gasteiger partial charge in [-0.05, 0) is 32.0 Å². The molecule has 0 aliphatic carbocycles. The molecule has 1 amide bonds. The van der Waals surface area contributed by atoms with Crippen molar-refractivity contribution in [3.8, 4) is 5.69 Å². The molecule has 0 fully saturated rings. The summed E-state index contributed by atoms with van der Waals surface area (Å²) in [6, 6.07) is 11.7. The Balaban J connectivity index is 1.88. The van der Waals surface area contributed by atoms with Gasteiger partial charge in [0.05, 0.1) is 34.9 Å². The van der Waals surface area contributed by atoms with Gasteiger partial charge >= 0.3 is 0 Å². The second kappa shape index (κ2) is 6.31. The van der Waals surface area contributed by atoms with E-state index in [-0.39, 0.29) is 5.91 Å². The molecule has 3 rings (SSSR count). The summed E-state index contributed by atoms with van der Waals surface area (Å²) in [6.07, 6.45) is 1.87. The Labute approximate surface area is 141 Å². The Hall–Kier alpha value is -2.89. The van der Waals surface area contributed by atoms with Crippen molar-refractivity contribution in [3.63, 3.8) is 0 Å². The first-order valence-electron chi connectivity index (χ1n) is 7.83. The molecule has 0 aliphatic rings. The lowest BCUT2D eigenvalue weighted by Gasteiger charge is -2.16. The van der Waals surface area contributed by atoms with Gasteiger partial charge in [0.25, 0.3) is 5.91 Å². The third kappa shape index (κ3) is 2.95. The first kappa shape index (κ1) is 16.0. The van der Waals surface area contributed by atoms with Crippen LogP contribution in [0, 0.1) is 13.8 Å². The molecule has 0 spiro atoms. The number of amides is 1. The van der Waals surface area contributed by atoms with Crippen LogP contribution in [0.3, 0.4) is 0 Å². The van der Waals surface area contributed by atoms with Gasteiger partial charge in [0.1, 0.15) is 0 Å². The molecule has 0 saturated heterocycles. The predicted molar refractivity (Wildman–Crippen MR) is 92.0 cm³/mol. The highest BCUT2D eigenvalue weighted by Crippen LogP contribution is 2.19. The summed E-state index contributed by atoms with van der Waals surface area (Å²) in [5.74, 6) is -0.0437. The van der Waals surface area contributed by atoms with E-state index in [0.717, 1.165) is 22.8 Å². The number of hydrogen-bond acceptors (Lipinski definition) is 3. The van der Waals surface area contributed by atoms with E-state index in [9.17, 15) is 4.79 Å². The highest BCUT2D eigenvalue weighted by molar-refractivity contribution is 5.96. The Morgan fingerprint density at radius 1 is 1.12 bits per heavy atom. The maximum absolute atomic E-state index is 12.9. The van der Waals surface area contributed by atoms with Gasteiger partial charge in [-0.25, -0.2) is 4.68 Å². The highest BCUT2D eigenvalue weighted by Gasteiger charge is 2.22. The summed E-state index contributed by atoms with van der Waals surface area (Å²) in [6.45, 7) is 4.26.